The number of nitrogens with zero attached hydrogens (tertiary/aromatic N) is 2. The number of piperidine rings is 1. The molecule has 4 nitrogen and oxygen atoms in total. The van der Waals surface area contributed by atoms with Crippen molar-refractivity contribution in [1.82, 2.24) is 10.2 Å². The van der Waals surface area contributed by atoms with Crippen LogP contribution in [0.5, 0.6) is 0 Å². The van der Waals surface area contributed by atoms with Crippen LogP contribution in [0.1, 0.15) is 39.5 Å². The van der Waals surface area contributed by atoms with E-state index in [1.54, 1.807) is 0 Å². The van der Waals surface area contributed by atoms with Gasteiger partial charge in [0, 0.05) is 32.8 Å². The topological polar surface area (TPSA) is 36.9 Å². The molecule has 0 spiro atoms. The van der Waals surface area contributed by atoms with E-state index in [4.69, 9.17) is 9.73 Å². The summed E-state index contributed by atoms with van der Waals surface area (Å²) in [4.78, 5) is 7.15. The highest BCUT2D eigenvalue weighted by Crippen LogP contribution is 2.28. The Bertz CT molecular complexity index is 274. The van der Waals surface area contributed by atoms with Gasteiger partial charge in [0.25, 0.3) is 0 Å². The standard InChI is InChI=1S/C14H27N3O.HI/c1-3-15-14(16-11-12-5-6-12)17-9-7-13(8-10-17)18-4-2;/h12-13H,3-11H2,1-2H3,(H,15,16);1H. The maximum atomic E-state index is 5.69. The van der Waals surface area contributed by atoms with Gasteiger partial charge in [-0.3, -0.25) is 4.99 Å². The third-order valence-corrected chi connectivity index (χ3v) is 3.67. The van der Waals surface area contributed by atoms with Crippen LogP contribution in [0.2, 0.25) is 0 Å². The van der Waals surface area contributed by atoms with Crippen LogP contribution in [0.3, 0.4) is 0 Å². The van der Waals surface area contributed by atoms with Crippen LogP contribution in [0.15, 0.2) is 4.99 Å². The van der Waals surface area contributed by atoms with Gasteiger partial charge in [0.15, 0.2) is 5.96 Å². The highest BCUT2D eigenvalue weighted by molar-refractivity contribution is 14.0. The lowest BCUT2D eigenvalue weighted by molar-refractivity contribution is 0.0264. The van der Waals surface area contributed by atoms with Gasteiger partial charge in [0.1, 0.15) is 0 Å². The molecule has 112 valence electrons. The Morgan fingerprint density at radius 1 is 1.21 bits per heavy atom. The van der Waals surface area contributed by atoms with Gasteiger partial charge in [-0.25, -0.2) is 0 Å². The number of ether oxygens (including phenoxy) is 1. The summed E-state index contributed by atoms with van der Waals surface area (Å²) in [6.07, 6.45) is 5.45. The molecule has 0 bridgehead atoms. The van der Waals surface area contributed by atoms with Crippen LogP contribution < -0.4 is 5.32 Å². The Morgan fingerprint density at radius 3 is 2.42 bits per heavy atom. The zero-order valence-electron chi connectivity index (χ0n) is 12.2. The molecule has 0 aromatic heterocycles. The number of hydrogen-bond donors (Lipinski definition) is 1. The molecule has 1 saturated heterocycles. The first-order chi connectivity index (χ1) is 8.83. The lowest BCUT2D eigenvalue weighted by atomic mass is 10.1. The predicted octanol–water partition coefficient (Wildman–Crippen LogP) is 2.48. The number of rotatable bonds is 5. The first-order valence-corrected chi connectivity index (χ1v) is 7.48. The van der Waals surface area contributed by atoms with Crippen LogP contribution in [0.4, 0.5) is 0 Å². The molecule has 0 radical (unpaired) electrons. The maximum absolute atomic E-state index is 5.69. The number of likely N-dealkylation sites (tertiary alicyclic amines) is 1. The largest absolute Gasteiger partial charge is 0.378 e. The summed E-state index contributed by atoms with van der Waals surface area (Å²) >= 11 is 0. The maximum Gasteiger partial charge on any atom is 0.193 e. The Morgan fingerprint density at radius 2 is 1.89 bits per heavy atom. The summed E-state index contributed by atoms with van der Waals surface area (Å²) in [5.74, 6) is 1.97. The minimum atomic E-state index is 0. The highest BCUT2D eigenvalue weighted by atomic mass is 127. The SMILES string of the molecule is CCNC(=NCC1CC1)N1CCC(OCC)CC1.I. The molecule has 19 heavy (non-hydrogen) atoms. The zero-order valence-corrected chi connectivity index (χ0v) is 14.6. The Hall–Kier alpha value is -0.0400. The predicted molar refractivity (Wildman–Crippen MR) is 90.3 cm³/mol. The summed E-state index contributed by atoms with van der Waals surface area (Å²) in [7, 11) is 0. The number of nitrogens with one attached hydrogen (secondary N) is 1. The van der Waals surface area contributed by atoms with Crippen molar-refractivity contribution in [2.45, 2.75) is 45.6 Å². The molecule has 1 saturated carbocycles. The monoisotopic (exact) mass is 381 g/mol. The number of halogens is 1. The van der Waals surface area contributed by atoms with Crippen LogP contribution in [0.25, 0.3) is 0 Å². The fraction of sp³-hybridized carbons (Fsp3) is 0.929. The van der Waals surface area contributed by atoms with Gasteiger partial charge in [-0.05, 0) is 45.4 Å². The average Bonchev–Trinajstić information content (AvgIpc) is 3.20. The Kier molecular flexibility index (Phi) is 8.06. The number of hydrogen-bond acceptors (Lipinski definition) is 2. The third-order valence-electron chi connectivity index (χ3n) is 3.67. The van der Waals surface area contributed by atoms with Crippen LogP contribution in [0, 0.1) is 5.92 Å². The second-order valence-corrected chi connectivity index (χ2v) is 5.28. The zero-order chi connectivity index (χ0) is 12.8. The van der Waals surface area contributed by atoms with E-state index in [0.29, 0.717) is 6.10 Å². The quantitative estimate of drug-likeness (QED) is 0.452. The molecule has 2 rings (SSSR count). The van der Waals surface area contributed by atoms with E-state index in [0.717, 1.165) is 57.5 Å². The summed E-state index contributed by atoms with van der Waals surface area (Å²) in [6.45, 7) is 9.15. The highest BCUT2D eigenvalue weighted by Gasteiger charge is 2.24. The van der Waals surface area contributed by atoms with Crippen molar-refractivity contribution in [3.8, 4) is 0 Å². The molecule has 2 aliphatic rings. The third kappa shape index (κ3) is 5.85. The first kappa shape index (κ1) is 17.0. The van der Waals surface area contributed by atoms with Crippen molar-refractivity contribution in [3.05, 3.63) is 0 Å². The minimum absolute atomic E-state index is 0. The fourth-order valence-corrected chi connectivity index (χ4v) is 2.41. The van der Waals surface area contributed by atoms with E-state index in [1.165, 1.54) is 12.8 Å². The van der Waals surface area contributed by atoms with Crippen molar-refractivity contribution in [2.24, 2.45) is 10.9 Å². The molecule has 0 aromatic carbocycles. The van der Waals surface area contributed by atoms with Gasteiger partial charge >= 0.3 is 0 Å². The molecule has 0 atom stereocenters. The van der Waals surface area contributed by atoms with Crippen LogP contribution >= 0.6 is 24.0 Å². The van der Waals surface area contributed by atoms with Crippen molar-refractivity contribution in [3.63, 3.8) is 0 Å². The van der Waals surface area contributed by atoms with E-state index in [-0.39, 0.29) is 24.0 Å². The van der Waals surface area contributed by atoms with Gasteiger partial charge in [0.05, 0.1) is 6.10 Å². The van der Waals surface area contributed by atoms with E-state index in [2.05, 4.69) is 24.1 Å². The normalized spacial score (nSPS) is 21.2. The fourth-order valence-electron chi connectivity index (χ4n) is 2.41. The summed E-state index contributed by atoms with van der Waals surface area (Å²) in [5.41, 5.74) is 0. The lowest BCUT2D eigenvalue weighted by Crippen LogP contribution is -2.47. The van der Waals surface area contributed by atoms with Gasteiger partial charge in [-0.2, -0.15) is 0 Å². The van der Waals surface area contributed by atoms with E-state index >= 15 is 0 Å². The lowest BCUT2D eigenvalue weighted by Gasteiger charge is -2.34. The van der Waals surface area contributed by atoms with Crippen molar-refractivity contribution in [1.29, 1.82) is 0 Å². The smallest absolute Gasteiger partial charge is 0.193 e. The minimum Gasteiger partial charge on any atom is -0.378 e. The number of guanidine groups is 1. The van der Waals surface area contributed by atoms with Crippen molar-refractivity contribution in [2.75, 3.05) is 32.8 Å². The molecule has 5 heteroatoms. The van der Waals surface area contributed by atoms with E-state index < -0.39 is 0 Å². The molecule has 1 N–H and O–H groups in total. The summed E-state index contributed by atoms with van der Waals surface area (Å²) < 4.78 is 5.69. The molecule has 2 fully saturated rings. The molecule has 1 aliphatic heterocycles. The van der Waals surface area contributed by atoms with Crippen molar-refractivity contribution >= 4 is 29.9 Å². The molecular formula is C14H28IN3O. The Balaban J connectivity index is 0.00000180. The van der Waals surface area contributed by atoms with E-state index in [9.17, 15) is 0 Å². The molecule has 1 aliphatic carbocycles. The van der Waals surface area contributed by atoms with Gasteiger partial charge < -0.3 is 15.0 Å². The van der Waals surface area contributed by atoms with Crippen molar-refractivity contribution < 1.29 is 4.74 Å². The van der Waals surface area contributed by atoms with Gasteiger partial charge in [-0.15, -0.1) is 24.0 Å². The second kappa shape index (κ2) is 9.00. The molecule has 0 amide bonds. The summed E-state index contributed by atoms with van der Waals surface area (Å²) in [5, 5.41) is 3.42. The summed E-state index contributed by atoms with van der Waals surface area (Å²) in [6, 6.07) is 0. The average molecular weight is 381 g/mol. The van der Waals surface area contributed by atoms with Gasteiger partial charge in [0.2, 0.25) is 0 Å². The molecular weight excluding hydrogens is 353 g/mol. The first-order valence-electron chi connectivity index (χ1n) is 7.48. The molecule has 0 aromatic rings. The van der Waals surface area contributed by atoms with E-state index in [1.807, 2.05) is 0 Å². The van der Waals surface area contributed by atoms with Gasteiger partial charge in [-0.1, -0.05) is 0 Å². The number of aliphatic imine (C=N–C) groups is 1. The molecule has 1 heterocycles. The molecule has 0 unspecified atom stereocenters. The second-order valence-electron chi connectivity index (χ2n) is 5.28. The van der Waals surface area contributed by atoms with Crippen LogP contribution in [-0.4, -0.2) is 49.7 Å². The Labute approximate surface area is 134 Å². The van der Waals surface area contributed by atoms with Crippen LogP contribution in [-0.2, 0) is 4.74 Å².